The molecule has 3 N–H and O–H groups in total. The van der Waals surface area contributed by atoms with Crippen LogP contribution in [0.4, 0.5) is 10.5 Å². The Morgan fingerprint density at radius 1 is 0.909 bits per heavy atom. The first-order chi connectivity index (χ1) is 16.0. The predicted molar refractivity (Wildman–Crippen MR) is 131 cm³/mol. The molecule has 1 atom stereocenters. The molecule has 0 saturated carbocycles. The van der Waals surface area contributed by atoms with Gasteiger partial charge in [-0.15, -0.1) is 0 Å². The van der Waals surface area contributed by atoms with Gasteiger partial charge in [-0.05, 0) is 41.3 Å². The van der Waals surface area contributed by atoms with Crippen molar-refractivity contribution in [2.24, 2.45) is 0 Å². The molecular formula is C27H27N3O3. The predicted octanol–water partition coefficient (Wildman–Crippen LogP) is 5.63. The number of anilines is 1. The van der Waals surface area contributed by atoms with Gasteiger partial charge in [0.1, 0.15) is 11.8 Å². The zero-order valence-electron chi connectivity index (χ0n) is 18.7. The number of aromatic nitrogens is 1. The van der Waals surface area contributed by atoms with Crippen LogP contribution in [0.25, 0.3) is 10.9 Å². The van der Waals surface area contributed by atoms with E-state index in [0.29, 0.717) is 12.2 Å². The fourth-order valence-corrected chi connectivity index (χ4v) is 3.83. The second-order valence-corrected chi connectivity index (χ2v) is 8.19. The summed E-state index contributed by atoms with van der Waals surface area (Å²) in [5.74, 6) is 0.342. The van der Waals surface area contributed by atoms with Crippen LogP contribution >= 0.6 is 0 Å². The lowest BCUT2D eigenvalue weighted by Crippen LogP contribution is -2.46. The van der Waals surface area contributed by atoms with Gasteiger partial charge in [-0.2, -0.15) is 0 Å². The van der Waals surface area contributed by atoms with E-state index < -0.39 is 12.1 Å². The lowest BCUT2D eigenvalue weighted by molar-refractivity contribution is -0.118. The van der Waals surface area contributed by atoms with Crippen LogP contribution in [-0.4, -0.2) is 23.0 Å². The van der Waals surface area contributed by atoms with Crippen LogP contribution in [0.1, 0.15) is 30.9 Å². The van der Waals surface area contributed by atoms with E-state index in [9.17, 15) is 9.59 Å². The zero-order valence-corrected chi connectivity index (χ0v) is 18.7. The third-order valence-electron chi connectivity index (χ3n) is 5.50. The molecule has 1 unspecified atom stereocenters. The molecule has 0 aliphatic rings. The van der Waals surface area contributed by atoms with Crippen molar-refractivity contribution >= 4 is 28.6 Å². The number of benzene rings is 3. The minimum absolute atomic E-state index is 0.240. The number of ether oxygens (including phenoxy) is 1. The van der Waals surface area contributed by atoms with E-state index in [1.165, 1.54) is 0 Å². The second kappa shape index (κ2) is 10.0. The highest BCUT2D eigenvalue weighted by atomic mass is 16.6. The number of H-pyrrole nitrogens is 1. The Balaban J connectivity index is 1.57. The molecule has 0 aliphatic carbocycles. The van der Waals surface area contributed by atoms with Crippen LogP contribution in [0.2, 0.25) is 0 Å². The van der Waals surface area contributed by atoms with Gasteiger partial charge in [0.15, 0.2) is 0 Å². The van der Waals surface area contributed by atoms with Crippen molar-refractivity contribution in [2.45, 2.75) is 32.2 Å². The molecule has 6 nitrogen and oxygen atoms in total. The highest BCUT2D eigenvalue weighted by Gasteiger charge is 2.24. The van der Waals surface area contributed by atoms with Crippen molar-refractivity contribution in [3.05, 3.63) is 96.2 Å². The lowest BCUT2D eigenvalue weighted by Gasteiger charge is -2.20. The number of amides is 2. The molecule has 33 heavy (non-hydrogen) atoms. The third-order valence-corrected chi connectivity index (χ3v) is 5.50. The van der Waals surface area contributed by atoms with E-state index in [2.05, 4.69) is 29.5 Å². The first kappa shape index (κ1) is 22.1. The third kappa shape index (κ3) is 5.41. The summed E-state index contributed by atoms with van der Waals surface area (Å²) in [5.41, 5.74) is 3.68. The van der Waals surface area contributed by atoms with Gasteiger partial charge in [0.05, 0.1) is 0 Å². The number of hydrogen-bond donors (Lipinski definition) is 3. The molecule has 0 aliphatic heterocycles. The molecule has 6 heteroatoms. The summed E-state index contributed by atoms with van der Waals surface area (Å²) in [7, 11) is 0. The first-order valence-corrected chi connectivity index (χ1v) is 11.0. The summed E-state index contributed by atoms with van der Waals surface area (Å²) in [6.45, 7) is 4.15. The summed E-state index contributed by atoms with van der Waals surface area (Å²) in [6.07, 6.45) is 1.50. The molecule has 3 aromatic carbocycles. The molecule has 4 aromatic rings. The monoisotopic (exact) mass is 441 g/mol. The number of rotatable bonds is 7. The number of carbonyl (C=O) groups is 2. The van der Waals surface area contributed by atoms with Gasteiger partial charge in [0.25, 0.3) is 0 Å². The van der Waals surface area contributed by atoms with E-state index in [0.717, 1.165) is 27.7 Å². The van der Waals surface area contributed by atoms with Crippen molar-refractivity contribution in [1.82, 2.24) is 10.3 Å². The average molecular weight is 442 g/mol. The molecule has 0 fully saturated rings. The summed E-state index contributed by atoms with van der Waals surface area (Å²) >= 11 is 0. The second-order valence-electron chi connectivity index (χ2n) is 8.19. The van der Waals surface area contributed by atoms with Crippen LogP contribution in [0, 0.1) is 0 Å². The van der Waals surface area contributed by atoms with Gasteiger partial charge in [-0.3, -0.25) is 4.79 Å². The Morgan fingerprint density at radius 3 is 2.39 bits per heavy atom. The van der Waals surface area contributed by atoms with Crippen molar-refractivity contribution in [1.29, 1.82) is 0 Å². The van der Waals surface area contributed by atoms with Crippen LogP contribution in [0.5, 0.6) is 5.75 Å². The van der Waals surface area contributed by atoms with Gasteiger partial charge in [-0.1, -0.05) is 68.4 Å². The van der Waals surface area contributed by atoms with Crippen molar-refractivity contribution in [2.75, 3.05) is 5.32 Å². The fourth-order valence-electron chi connectivity index (χ4n) is 3.83. The van der Waals surface area contributed by atoms with Crippen molar-refractivity contribution < 1.29 is 14.3 Å². The van der Waals surface area contributed by atoms with Crippen LogP contribution in [-0.2, 0) is 11.2 Å². The molecule has 4 rings (SSSR count). The molecule has 0 saturated heterocycles. The normalized spacial score (nSPS) is 11.8. The maximum absolute atomic E-state index is 13.3. The van der Waals surface area contributed by atoms with Gasteiger partial charge in [0.2, 0.25) is 5.91 Å². The fraction of sp³-hybridized carbons (Fsp3) is 0.185. The zero-order chi connectivity index (χ0) is 23.2. The van der Waals surface area contributed by atoms with Gasteiger partial charge in [0, 0.05) is 29.2 Å². The highest BCUT2D eigenvalue weighted by molar-refractivity contribution is 5.98. The molecule has 0 spiro atoms. The largest absolute Gasteiger partial charge is 0.413 e. The summed E-state index contributed by atoms with van der Waals surface area (Å²) in [5, 5.41) is 6.76. The molecule has 0 radical (unpaired) electrons. The number of aromatic amines is 1. The maximum Gasteiger partial charge on any atom is 0.413 e. The number of hydrogen-bond acceptors (Lipinski definition) is 3. The topological polar surface area (TPSA) is 83.2 Å². The van der Waals surface area contributed by atoms with E-state index >= 15 is 0 Å². The van der Waals surface area contributed by atoms with E-state index in [1.807, 2.05) is 60.8 Å². The highest BCUT2D eigenvalue weighted by Crippen LogP contribution is 2.25. The molecule has 1 aromatic heterocycles. The van der Waals surface area contributed by atoms with Crippen LogP contribution in [0.3, 0.4) is 0 Å². The first-order valence-electron chi connectivity index (χ1n) is 11.0. The van der Waals surface area contributed by atoms with Crippen LogP contribution < -0.4 is 15.4 Å². The quantitative estimate of drug-likeness (QED) is 0.348. The smallest absolute Gasteiger partial charge is 0.410 e. The van der Waals surface area contributed by atoms with Gasteiger partial charge >= 0.3 is 6.09 Å². The molecule has 168 valence electrons. The number of para-hydroxylation sites is 3. The maximum atomic E-state index is 13.3. The van der Waals surface area contributed by atoms with Gasteiger partial charge in [-0.25, -0.2) is 4.79 Å². The Morgan fingerprint density at radius 2 is 1.61 bits per heavy atom. The number of carbonyl (C=O) groups excluding carboxylic acids is 2. The van der Waals surface area contributed by atoms with Crippen molar-refractivity contribution in [3.8, 4) is 5.75 Å². The lowest BCUT2D eigenvalue weighted by atomic mass is 10.0. The Hall–Kier alpha value is -4.06. The summed E-state index contributed by atoms with van der Waals surface area (Å²) in [6, 6.07) is 23.5. The molecule has 2 amide bonds. The Bertz CT molecular complexity index is 1250. The molecule has 0 bridgehead atoms. The van der Waals surface area contributed by atoms with E-state index in [1.54, 1.807) is 24.3 Å². The Kier molecular flexibility index (Phi) is 6.74. The SMILES string of the molecule is CC(C)c1ccccc1NC(=O)C(Cc1c[nH]c2ccccc12)NC(=O)Oc1ccccc1. The molecule has 1 heterocycles. The van der Waals surface area contributed by atoms with Crippen molar-refractivity contribution in [3.63, 3.8) is 0 Å². The number of nitrogens with one attached hydrogen (secondary N) is 3. The average Bonchev–Trinajstić information content (AvgIpc) is 3.22. The van der Waals surface area contributed by atoms with Gasteiger partial charge < -0.3 is 20.4 Å². The summed E-state index contributed by atoms with van der Waals surface area (Å²) < 4.78 is 5.38. The van der Waals surface area contributed by atoms with E-state index in [-0.39, 0.29) is 11.8 Å². The minimum Gasteiger partial charge on any atom is -0.410 e. The Labute approximate surface area is 193 Å². The van der Waals surface area contributed by atoms with Crippen LogP contribution in [0.15, 0.2) is 85.1 Å². The minimum atomic E-state index is -0.833. The summed E-state index contributed by atoms with van der Waals surface area (Å²) in [4.78, 5) is 29.2. The molecular weight excluding hydrogens is 414 g/mol. The standard InChI is InChI=1S/C27H27N3O3/c1-18(2)21-12-6-9-15-24(21)29-26(31)25(30-27(32)33-20-10-4-3-5-11-20)16-19-17-28-23-14-8-7-13-22(19)23/h3-15,17-18,25,28H,16H2,1-2H3,(H,29,31)(H,30,32). The number of fused-ring (bicyclic) bond motifs is 1. The van der Waals surface area contributed by atoms with E-state index in [4.69, 9.17) is 4.74 Å².